The van der Waals surface area contributed by atoms with Gasteiger partial charge >= 0.3 is 5.69 Å². The van der Waals surface area contributed by atoms with E-state index in [2.05, 4.69) is 9.97 Å². The maximum absolute atomic E-state index is 11.9. The van der Waals surface area contributed by atoms with Crippen LogP contribution >= 0.6 is 0 Å². The fourth-order valence-corrected chi connectivity index (χ4v) is 1.39. The van der Waals surface area contributed by atoms with Crippen LogP contribution in [0.3, 0.4) is 0 Å². The zero-order valence-electron chi connectivity index (χ0n) is 8.25. The molecule has 1 heterocycles. The molecule has 0 fully saturated rings. The number of alkyl halides is 1. The molecule has 2 aromatic rings. The van der Waals surface area contributed by atoms with E-state index in [0.29, 0.717) is 16.7 Å². The molecule has 0 amide bonds. The fourth-order valence-electron chi connectivity index (χ4n) is 1.39. The van der Waals surface area contributed by atoms with Crippen molar-refractivity contribution in [2.45, 2.75) is 0 Å². The smallest absolute Gasteiger partial charge is 0.326 e. The molecule has 16 heavy (non-hydrogen) atoms. The Morgan fingerprint density at radius 2 is 2.06 bits per heavy atom. The van der Waals surface area contributed by atoms with Crippen LogP contribution < -0.4 is 16.0 Å². The molecule has 2 rings (SSSR count). The largest absolute Gasteiger partial charge is 0.491 e. The van der Waals surface area contributed by atoms with Gasteiger partial charge in [-0.3, -0.25) is 9.78 Å². The number of ether oxygens (including phenoxy) is 1. The Balaban J connectivity index is 2.53. The molecule has 0 aliphatic carbocycles. The van der Waals surface area contributed by atoms with Gasteiger partial charge in [-0.25, -0.2) is 9.18 Å². The maximum atomic E-state index is 11.9. The second-order valence-corrected chi connectivity index (χ2v) is 3.15. The van der Waals surface area contributed by atoms with Crippen molar-refractivity contribution in [2.75, 3.05) is 13.3 Å². The second kappa shape index (κ2) is 4.18. The predicted octanol–water partition coefficient (Wildman–Crippen LogP) is 0.565. The van der Waals surface area contributed by atoms with Crippen LogP contribution in [0, 0.1) is 0 Å². The molecule has 0 aliphatic rings. The molecule has 0 saturated carbocycles. The van der Waals surface area contributed by atoms with Gasteiger partial charge in [-0.15, -0.1) is 0 Å². The van der Waals surface area contributed by atoms with Gasteiger partial charge in [-0.2, -0.15) is 0 Å². The molecular formula is C10H9FN2O3. The lowest BCUT2D eigenvalue weighted by Crippen LogP contribution is -2.21. The molecule has 1 aromatic heterocycles. The normalized spacial score (nSPS) is 10.6. The Morgan fingerprint density at radius 1 is 1.25 bits per heavy atom. The summed E-state index contributed by atoms with van der Waals surface area (Å²) in [5, 5.41) is 0.302. The molecule has 84 valence electrons. The molecule has 0 radical (unpaired) electrons. The molecule has 1 aromatic carbocycles. The highest BCUT2D eigenvalue weighted by Gasteiger charge is 2.02. The summed E-state index contributed by atoms with van der Waals surface area (Å²) in [5.74, 6) is 0.391. The number of benzene rings is 1. The van der Waals surface area contributed by atoms with Crippen LogP contribution in [-0.4, -0.2) is 23.2 Å². The third-order valence-electron chi connectivity index (χ3n) is 2.06. The minimum absolute atomic E-state index is 0.0627. The summed E-state index contributed by atoms with van der Waals surface area (Å²) in [6, 6.07) is 4.56. The van der Waals surface area contributed by atoms with Gasteiger partial charge in [0.2, 0.25) is 0 Å². The zero-order valence-corrected chi connectivity index (χ0v) is 8.25. The van der Waals surface area contributed by atoms with Crippen molar-refractivity contribution in [3.8, 4) is 5.75 Å². The van der Waals surface area contributed by atoms with Gasteiger partial charge in [-0.1, -0.05) is 0 Å². The average Bonchev–Trinajstić information content (AvgIpc) is 2.26. The van der Waals surface area contributed by atoms with E-state index in [1.807, 2.05) is 0 Å². The summed E-state index contributed by atoms with van der Waals surface area (Å²) in [7, 11) is 0. The van der Waals surface area contributed by atoms with Gasteiger partial charge in [0, 0.05) is 0 Å². The van der Waals surface area contributed by atoms with Crippen LogP contribution in [0.5, 0.6) is 5.75 Å². The van der Waals surface area contributed by atoms with Crippen molar-refractivity contribution in [1.29, 1.82) is 0 Å². The number of aromatic amines is 2. The number of aromatic nitrogens is 2. The van der Waals surface area contributed by atoms with E-state index in [4.69, 9.17) is 4.74 Å². The molecular weight excluding hydrogens is 215 g/mol. The number of rotatable bonds is 3. The van der Waals surface area contributed by atoms with Gasteiger partial charge in [-0.05, 0) is 18.2 Å². The van der Waals surface area contributed by atoms with E-state index in [9.17, 15) is 14.0 Å². The summed E-state index contributed by atoms with van der Waals surface area (Å²) in [6.07, 6.45) is 0. The summed E-state index contributed by atoms with van der Waals surface area (Å²) in [5.41, 5.74) is -0.638. The van der Waals surface area contributed by atoms with Crippen LogP contribution in [0.1, 0.15) is 0 Å². The average molecular weight is 224 g/mol. The highest BCUT2D eigenvalue weighted by molar-refractivity contribution is 5.78. The number of H-pyrrole nitrogens is 2. The number of halogens is 1. The lowest BCUT2D eigenvalue weighted by atomic mass is 10.2. The third-order valence-corrected chi connectivity index (χ3v) is 2.06. The first-order valence-corrected chi connectivity index (χ1v) is 4.66. The molecule has 5 nitrogen and oxygen atoms in total. The zero-order chi connectivity index (χ0) is 11.5. The van der Waals surface area contributed by atoms with Crippen LogP contribution in [0.2, 0.25) is 0 Å². The van der Waals surface area contributed by atoms with Gasteiger partial charge in [0.1, 0.15) is 19.0 Å². The van der Waals surface area contributed by atoms with Gasteiger partial charge < -0.3 is 9.72 Å². The van der Waals surface area contributed by atoms with Crippen molar-refractivity contribution in [3.63, 3.8) is 0 Å². The molecule has 0 spiro atoms. The predicted molar refractivity (Wildman–Crippen MR) is 56.7 cm³/mol. The number of nitrogens with one attached hydrogen (secondary N) is 2. The monoisotopic (exact) mass is 224 g/mol. The van der Waals surface area contributed by atoms with E-state index in [0.717, 1.165) is 0 Å². The van der Waals surface area contributed by atoms with Crippen molar-refractivity contribution in [2.24, 2.45) is 0 Å². The fraction of sp³-hybridized carbons (Fsp3) is 0.200. The Hall–Kier alpha value is -2.11. The van der Waals surface area contributed by atoms with E-state index in [1.54, 1.807) is 12.1 Å². The van der Waals surface area contributed by atoms with Gasteiger partial charge in [0.25, 0.3) is 5.56 Å². The second-order valence-electron chi connectivity index (χ2n) is 3.15. The molecule has 0 bridgehead atoms. The minimum Gasteiger partial charge on any atom is -0.491 e. The Bertz CT molecular complexity index is 617. The van der Waals surface area contributed by atoms with Crippen LogP contribution in [0.25, 0.3) is 10.9 Å². The first kappa shape index (κ1) is 10.4. The first-order valence-electron chi connectivity index (χ1n) is 4.66. The van der Waals surface area contributed by atoms with Crippen LogP contribution in [-0.2, 0) is 0 Å². The highest BCUT2D eigenvalue weighted by Crippen LogP contribution is 2.15. The Morgan fingerprint density at radius 3 is 2.81 bits per heavy atom. The van der Waals surface area contributed by atoms with Crippen molar-refractivity contribution < 1.29 is 9.13 Å². The topological polar surface area (TPSA) is 74.9 Å². The van der Waals surface area contributed by atoms with Crippen molar-refractivity contribution >= 4 is 10.9 Å². The minimum atomic E-state index is -0.597. The first-order chi connectivity index (χ1) is 7.70. The van der Waals surface area contributed by atoms with Gasteiger partial charge in [0.05, 0.1) is 10.9 Å². The third kappa shape index (κ3) is 1.95. The SMILES string of the molecule is O=c1[nH]c(=O)c2cc(OCCF)ccc2[nH]1. The molecule has 0 unspecified atom stereocenters. The summed E-state index contributed by atoms with van der Waals surface area (Å²) >= 11 is 0. The number of hydrogen-bond donors (Lipinski definition) is 2. The van der Waals surface area contributed by atoms with Crippen molar-refractivity contribution in [3.05, 3.63) is 39.0 Å². The molecule has 0 aliphatic heterocycles. The van der Waals surface area contributed by atoms with Crippen LogP contribution in [0.15, 0.2) is 27.8 Å². The van der Waals surface area contributed by atoms with Gasteiger partial charge in [0.15, 0.2) is 0 Å². The highest BCUT2D eigenvalue weighted by atomic mass is 19.1. The molecule has 2 N–H and O–H groups in total. The Kier molecular flexibility index (Phi) is 2.72. The maximum Gasteiger partial charge on any atom is 0.326 e. The van der Waals surface area contributed by atoms with Crippen molar-refractivity contribution in [1.82, 2.24) is 9.97 Å². The number of hydrogen-bond acceptors (Lipinski definition) is 3. The quantitative estimate of drug-likeness (QED) is 0.800. The van der Waals surface area contributed by atoms with E-state index in [-0.39, 0.29) is 6.61 Å². The Labute approximate surface area is 88.9 Å². The van der Waals surface area contributed by atoms with E-state index < -0.39 is 17.9 Å². The standard InChI is InChI=1S/C10H9FN2O3/c11-3-4-16-6-1-2-8-7(5-6)9(14)13-10(15)12-8/h1-2,5H,3-4H2,(H2,12,13,14,15). The number of fused-ring (bicyclic) bond motifs is 1. The molecule has 0 atom stereocenters. The lowest BCUT2D eigenvalue weighted by molar-refractivity contribution is 0.273. The summed E-state index contributed by atoms with van der Waals surface area (Å²) in [4.78, 5) is 27.0. The molecule has 0 saturated heterocycles. The van der Waals surface area contributed by atoms with Crippen LogP contribution in [0.4, 0.5) is 4.39 Å². The summed E-state index contributed by atoms with van der Waals surface area (Å²) < 4.78 is 16.9. The molecule has 6 heteroatoms. The lowest BCUT2D eigenvalue weighted by Gasteiger charge is -2.04. The van der Waals surface area contributed by atoms with E-state index in [1.165, 1.54) is 6.07 Å². The van der Waals surface area contributed by atoms with E-state index >= 15 is 0 Å². The summed E-state index contributed by atoms with van der Waals surface area (Å²) in [6.45, 7) is -0.660.